The molecule has 126 valence electrons. The zero-order valence-corrected chi connectivity index (χ0v) is 12.8. The Morgan fingerprint density at radius 1 is 1.17 bits per heavy atom. The molecule has 1 unspecified atom stereocenters. The van der Waals surface area contributed by atoms with Gasteiger partial charge in [-0.3, -0.25) is 14.8 Å². The molecule has 12 nitrogen and oxygen atoms in total. The van der Waals surface area contributed by atoms with Crippen molar-refractivity contribution in [3.63, 3.8) is 0 Å². The molecule has 1 aromatic rings. The Kier molecular flexibility index (Phi) is 4.27. The Morgan fingerprint density at radius 2 is 1.83 bits per heavy atom. The summed E-state index contributed by atoms with van der Waals surface area (Å²) in [6.07, 6.45) is -0.964. The Morgan fingerprint density at radius 3 is 2.35 bits per heavy atom. The molecule has 1 heterocycles. The van der Waals surface area contributed by atoms with Crippen LogP contribution in [0.5, 0.6) is 0 Å². The van der Waals surface area contributed by atoms with E-state index in [-0.39, 0.29) is 17.6 Å². The second-order valence-corrected chi connectivity index (χ2v) is 7.08. The lowest BCUT2D eigenvalue weighted by molar-refractivity contribution is 0.479. The Bertz CT molecular complexity index is 906. The summed E-state index contributed by atoms with van der Waals surface area (Å²) >= 11 is 0. The van der Waals surface area contributed by atoms with Crippen LogP contribution in [0.1, 0.15) is 0 Å². The number of hydrogen-bond acceptors (Lipinski definition) is 10. The minimum Gasteiger partial charge on any atom is -0.368 e. The number of nitrogens with zero attached hydrogens (tertiary/aromatic N) is 2. The number of benzene rings is 1. The van der Waals surface area contributed by atoms with Gasteiger partial charge in [0.05, 0.1) is 10.6 Å². The third kappa shape index (κ3) is 4.14. The fourth-order valence-corrected chi connectivity index (χ4v) is 2.81. The number of hydrogen-bond donors (Lipinski definition) is 6. The molecule has 0 bridgehead atoms. The number of aliphatic imine (C=N–C) groups is 2. The summed E-state index contributed by atoms with van der Waals surface area (Å²) in [7, 11) is -9.29. The number of guanidine groups is 2. The second kappa shape index (κ2) is 5.74. The van der Waals surface area contributed by atoms with Gasteiger partial charge in [-0.2, -0.15) is 21.8 Å². The van der Waals surface area contributed by atoms with Crippen LogP contribution in [0.4, 0.5) is 5.69 Å². The largest absolute Gasteiger partial charge is 0.368 e. The lowest BCUT2D eigenvalue weighted by atomic mass is 10.3. The van der Waals surface area contributed by atoms with Gasteiger partial charge in [-0.15, -0.1) is 0 Å². The van der Waals surface area contributed by atoms with Gasteiger partial charge in [0, 0.05) is 0 Å². The normalized spacial score (nSPS) is 18.7. The van der Waals surface area contributed by atoms with Gasteiger partial charge in [0.15, 0.2) is 6.29 Å². The highest BCUT2D eigenvalue weighted by molar-refractivity contribution is 7.86. The molecule has 1 atom stereocenters. The topological polar surface area (TPSA) is 210 Å². The van der Waals surface area contributed by atoms with Crippen molar-refractivity contribution in [3.8, 4) is 0 Å². The van der Waals surface area contributed by atoms with Gasteiger partial charge in [0.25, 0.3) is 20.2 Å². The molecule has 0 saturated carbocycles. The van der Waals surface area contributed by atoms with E-state index < -0.39 is 36.3 Å². The van der Waals surface area contributed by atoms with Crippen LogP contribution in [0.25, 0.3) is 0 Å². The molecule has 23 heavy (non-hydrogen) atoms. The van der Waals surface area contributed by atoms with Gasteiger partial charge in [0.1, 0.15) is 4.90 Å². The molecule has 8 N–H and O–H groups in total. The van der Waals surface area contributed by atoms with E-state index in [0.717, 1.165) is 18.2 Å². The highest BCUT2D eigenvalue weighted by atomic mass is 32.2. The van der Waals surface area contributed by atoms with Gasteiger partial charge >= 0.3 is 0 Å². The third-order valence-corrected chi connectivity index (χ3v) is 4.32. The standard InChI is InChI=1S/C9H12N6O6S2/c10-7-13-8(11)15-9(14-7)12-5-3-4(22(16,17)18)1-2-6(5)23(19,20)21/h1-3,7H,10H2,(H,16,17,18)(H,19,20,21)(H4,11,12,13,14,15). The van der Waals surface area contributed by atoms with Crippen LogP contribution in [-0.4, -0.2) is 44.1 Å². The van der Waals surface area contributed by atoms with Crippen molar-refractivity contribution in [1.29, 1.82) is 0 Å². The Hall–Kier alpha value is -2.26. The smallest absolute Gasteiger partial charge is 0.296 e. The van der Waals surface area contributed by atoms with Gasteiger partial charge in [0.2, 0.25) is 11.9 Å². The summed E-state index contributed by atoms with van der Waals surface area (Å²) < 4.78 is 63.2. The van der Waals surface area contributed by atoms with E-state index in [9.17, 15) is 21.4 Å². The van der Waals surface area contributed by atoms with E-state index >= 15 is 0 Å². The molecule has 0 aliphatic carbocycles. The first-order valence-corrected chi connectivity index (χ1v) is 8.65. The van der Waals surface area contributed by atoms with Crippen molar-refractivity contribution in [2.45, 2.75) is 16.1 Å². The molecular weight excluding hydrogens is 352 g/mol. The molecule has 0 spiro atoms. The molecule has 2 rings (SSSR count). The fourth-order valence-electron chi connectivity index (χ4n) is 1.67. The predicted octanol–water partition coefficient (Wildman–Crippen LogP) is -1.89. The highest BCUT2D eigenvalue weighted by Gasteiger charge is 2.21. The minimum absolute atomic E-state index is 0.137. The van der Waals surface area contributed by atoms with Gasteiger partial charge in [-0.05, 0) is 18.2 Å². The van der Waals surface area contributed by atoms with Gasteiger partial charge < -0.3 is 16.4 Å². The van der Waals surface area contributed by atoms with Crippen molar-refractivity contribution < 1.29 is 25.9 Å². The Balaban J connectivity index is 2.53. The van der Waals surface area contributed by atoms with Gasteiger partial charge in [-0.1, -0.05) is 0 Å². The fraction of sp³-hybridized carbons (Fsp3) is 0.111. The van der Waals surface area contributed by atoms with Crippen molar-refractivity contribution >= 4 is 37.8 Å². The van der Waals surface area contributed by atoms with E-state index in [1.165, 1.54) is 0 Å². The van der Waals surface area contributed by atoms with Crippen molar-refractivity contribution in [3.05, 3.63) is 18.2 Å². The molecule has 14 heteroatoms. The summed E-state index contributed by atoms with van der Waals surface area (Å²) in [6.45, 7) is 0. The third-order valence-electron chi connectivity index (χ3n) is 2.56. The van der Waals surface area contributed by atoms with Crippen LogP contribution in [0, 0.1) is 0 Å². The highest BCUT2D eigenvalue weighted by Crippen LogP contribution is 2.25. The monoisotopic (exact) mass is 364 g/mol. The maximum atomic E-state index is 11.4. The van der Waals surface area contributed by atoms with Crippen LogP contribution in [0.3, 0.4) is 0 Å². The lowest BCUT2D eigenvalue weighted by Gasteiger charge is -2.20. The molecule has 0 saturated heterocycles. The number of rotatable bonds is 3. The van der Waals surface area contributed by atoms with Crippen LogP contribution in [-0.2, 0) is 20.2 Å². The first-order valence-electron chi connectivity index (χ1n) is 5.77. The lowest BCUT2D eigenvalue weighted by Crippen LogP contribution is -2.48. The zero-order valence-electron chi connectivity index (χ0n) is 11.2. The van der Waals surface area contributed by atoms with E-state index in [1.54, 1.807) is 0 Å². The summed E-state index contributed by atoms with van der Waals surface area (Å²) in [6, 6.07) is 2.39. The number of anilines is 1. The molecule has 0 aromatic heterocycles. The average molecular weight is 364 g/mol. The van der Waals surface area contributed by atoms with Crippen LogP contribution < -0.4 is 22.1 Å². The van der Waals surface area contributed by atoms with E-state index in [0.29, 0.717) is 0 Å². The quantitative estimate of drug-likeness (QED) is 0.328. The maximum absolute atomic E-state index is 11.4. The summed E-state index contributed by atoms with van der Waals surface area (Å²) in [4.78, 5) is 6.08. The van der Waals surface area contributed by atoms with Crippen LogP contribution in [0.15, 0.2) is 38.0 Å². The molecule has 0 radical (unpaired) electrons. The first-order chi connectivity index (χ1) is 10.5. The van der Waals surface area contributed by atoms with E-state index in [4.69, 9.17) is 16.0 Å². The molecule has 1 aliphatic rings. The minimum atomic E-state index is -4.69. The Labute approximate surface area is 130 Å². The average Bonchev–Trinajstić information content (AvgIpc) is 2.34. The summed E-state index contributed by atoms with van der Waals surface area (Å²) in [5.74, 6) is -0.347. The van der Waals surface area contributed by atoms with Crippen LogP contribution in [0.2, 0.25) is 0 Å². The summed E-state index contributed by atoms with van der Waals surface area (Å²) in [5.41, 5.74) is 10.5. The molecule has 0 amide bonds. The van der Waals surface area contributed by atoms with Crippen molar-refractivity contribution in [2.75, 3.05) is 5.32 Å². The first kappa shape index (κ1) is 17.1. The van der Waals surface area contributed by atoms with E-state index in [1.807, 2.05) is 0 Å². The second-order valence-electron chi connectivity index (χ2n) is 4.27. The summed E-state index contributed by atoms with van der Waals surface area (Å²) in [5, 5.41) is 4.91. The number of nitrogens with one attached hydrogen (secondary N) is 2. The predicted molar refractivity (Wildman–Crippen MR) is 79.9 cm³/mol. The maximum Gasteiger partial charge on any atom is 0.296 e. The van der Waals surface area contributed by atoms with Crippen molar-refractivity contribution in [2.24, 2.45) is 21.5 Å². The van der Waals surface area contributed by atoms with E-state index in [2.05, 4.69) is 20.6 Å². The van der Waals surface area contributed by atoms with Crippen LogP contribution >= 0.6 is 0 Å². The molecular formula is C9H12N6O6S2. The molecule has 0 fully saturated rings. The SMILES string of the molecule is NC1=NC(N)NC(Nc2cc(S(=O)(=O)O)ccc2S(=O)(=O)O)=N1. The van der Waals surface area contributed by atoms with Crippen molar-refractivity contribution in [1.82, 2.24) is 5.32 Å². The number of nitrogens with two attached hydrogens (primary N) is 2. The zero-order chi connectivity index (χ0) is 17.4. The molecule has 1 aromatic carbocycles. The molecule has 1 aliphatic heterocycles. The van der Waals surface area contributed by atoms with Gasteiger partial charge in [-0.25, -0.2) is 4.99 Å².